The Morgan fingerprint density at radius 1 is 1.25 bits per heavy atom. The van der Waals surface area contributed by atoms with Crippen LogP contribution in [-0.4, -0.2) is 17.2 Å². The summed E-state index contributed by atoms with van der Waals surface area (Å²) < 4.78 is 25.6. The predicted octanol–water partition coefficient (Wildman–Crippen LogP) is 2.39. The number of benzene rings is 1. The maximum absolute atomic E-state index is 12.9. The highest BCUT2D eigenvalue weighted by Crippen LogP contribution is 2.16. The molecule has 0 spiro atoms. The van der Waals surface area contributed by atoms with E-state index in [9.17, 15) is 13.9 Å². The standard InChI is InChI=1S/C12H17F2NO/c1-12(2,3)15-7-11(16)8-4-5-9(13)10(14)6-8/h4-6,11,15-16H,7H2,1-3H3. The molecule has 0 aliphatic rings. The summed E-state index contributed by atoms with van der Waals surface area (Å²) in [6.07, 6.45) is -0.839. The largest absolute Gasteiger partial charge is 0.387 e. The highest BCUT2D eigenvalue weighted by Gasteiger charge is 2.14. The van der Waals surface area contributed by atoms with E-state index >= 15 is 0 Å². The summed E-state index contributed by atoms with van der Waals surface area (Å²) in [5, 5.41) is 12.8. The third kappa shape index (κ3) is 3.87. The molecule has 0 saturated carbocycles. The zero-order valence-electron chi connectivity index (χ0n) is 9.72. The van der Waals surface area contributed by atoms with Crippen molar-refractivity contribution in [1.82, 2.24) is 5.32 Å². The molecule has 90 valence electrons. The van der Waals surface area contributed by atoms with Crippen molar-refractivity contribution in [3.63, 3.8) is 0 Å². The van der Waals surface area contributed by atoms with Gasteiger partial charge in [-0.3, -0.25) is 0 Å². The summed E-state index contributed by atoms with van der Waals surface area (Å²) in [5.41, 5.74) is 0.246. The molecule has 2 N–H and O–H groups in total. The van der Waals surface area contributed by atoms with Gasteiger partial charge in [0.25, 0.3) is 0 Å². The van der Waals surface area contributed by atoms with Crippen molar-refractivity contribution >= 4 is 0 Å². The minimum absolute atomic E-state index is 0.125. The molecule has 0 aliphatic carbocycles. The van der Waals surface area contributed by atoms with Crippen molar-refractivity contribution in [2.24, 2.45) is 0 Å². The first-order valence-corrected chi connectivity index (χ1v) is 5.17. The van der Waals surface area contributed by atoms with Gasteiger partial charge in [0.15, 0.2) is 11.6 Å². The average Bonchev–Trinajstić information content (AvgIpc) is 2.17. The third-order valence-corrected chi connectivity index (χ3v) is 2.15. The molecular formula is C12H17F2NO. The molecule has 0 bridgehead atoms. The topological polar surface area (TPSA) is 32.3 Å². The van der Waals surface area contributed by atoms with Crippen LogP contribution < -0.4 is 5.32 Å². The fourth-order valence-electron chi connectivity index (χ4n) is 1.24. The Bertz CT molecular complexity index is 361. The van der Waals surface area contributed by atoms with Gasteiger partial charge in [-0.15, -0.1) is 0 Å². The lowest BCUT2D eigenvalue weighted by Crippen LogP contribution is -2.38. The fourth-order valence-corrected chi connectivity index (χ4v) is 1.24. The lowest BCUT2D eigenvalue weighted by Gasteiger charge is -2.23. The highest BCUT2D eigenvalue weighted by atomic mass is 19.2. The molecule has 1 unspecified atom stereocenters. The SMILES string of the molecule is CC(C)(C)NCC(O)c1ccc(F)c(F)c1. The Labute approximate surface area is 94.3 Å². The Hall–Kier alpha value is -1.00. The molecule has 1 rings (SSSR count). The van der Waals surface area contributed by atoms with Crippen molar-refractivity contribution in [2.75, 3.05) is 6.54 Å². The van der Waals surface area contributed by atoms with E-state index in [1.54, 1.807) is 0 Å². The number of aliphatic hydroxyl groups excluding tert-OH is 1. The minimum Gasteiger partial charge on any atom is -0.387 e. The summed E-state index contributed by atoms with van der Waals surface area (Å²) in [7, 11) is 0. The lowest BCUT2D eigenvalue weighted by molar-refractivity contribution is 0.162. The van der Waals surface area contributed by atoms with E-state index in [1.807, 2.05) is 20.8 Å². The van der Waals surface area contributed by atoms with Gasteiger partial charge in [0, 0.05) is 12.1 Å². The van der Waals surface area contributed by atoms with E-state index in [0.29, 0.717) is 12.1 Å². The van der Waals surface area contributed by atoms with Crippen molar-refractivity contribution in [3.8, 4) is 0 Å². The molecule has 0 saturated heterocycles. The first-order valence-electron chi connectivity index (χ1n) is 5.17. The summed E-state index contributed by atoms with van der Waals surface area (Å²) >= 11 is 0. The summed E-state index contributed by atoms with van der Waals surface area (Å²) in [6.45, 7) is 6.19. The van der Waals surface area contributed by atoms with E-state index in [0.717, 1.165) is 12.1 Å². The minimum atomic E-state index is -0.938. The van der Waals surface area contributed by atoms with E-state index < -0.39 is 17.7 Å². The highest BCUT2D eigenvalue weighted by molar-refractivity contribution is 5.20. The molecule has 4 heteroatoms. The molecule has 0 aliphatic heterocycles. The van der Waals surface area contributed by atoms with E-state index in [1.165, 1.54) is 6.07 Å². The Morgan fingerprint density at radius 3 is 2.38 bits per heavy atom. The maximum Gasteiger partial charge on any atom is 0.159 e. The summed E-state index contributed by atoms with van der Waals surface area (Å²) in [5.74, 6) is -1.84. The van der Waals surface area contributed by atoms with Crippen LogP contribution >= 0.6 is 0 Å². The van der Waals surface area contributed by atoms with E-state index in [-0.39, 0.29) is 5.54 Å². The molecule has 16 heavy (non-hydrogen) atoms. The summed E-state index contributed by atoms with van der Waals surface area (Å²) in [6, 6.07) is 3.42. The van der Waals surface area contributed by atoms with Crippen molar-refractivity contribution < 1.29 is 13.9 Å². The first kappa shape index (κ1) is 13.1. The molecule has 0 heterocycles. The fraction of sp³-hybridized carbons (Fsp3) is 0.500. The Kier molecular flexibility index (Phi) is 3.99. The van der Waals surface area contributed by atoms with Crippen LogP contribution in [0.5, 0.6) is 0 Å². The number of rotatable bonds is 3. The monoisotopic (exact) mass is 229 g/mol. The molecule has 0 radical (unpaired) electrons. The van der Waals surface area contributed by atoms with Gasteiger partial charge in [0.1, 0.15) is 0 Å². The van der Waals surface area contributed by atoms with Crippen molar-refractivity contribution in [1.29, 1.82) is 0 Å². The number of halogens is 2. The molecule has 0 aromatic heterocycles. The summed E-state index contributed by atoms with van der Waals surface area (Å²) in [4.78, 5) is 0. The average molecular weight is 229 g/mol. The lowest BCUT2D eigenvalue weighted by atomic mass is 10.1. The van der Waals surface area contributed by atoms with Gasteiger partial charge in [0.05, 0.1) is 6.10 Å². The number of nitrogens with one attached hydrogen (secondary N) is 1. The second-order valence-electron chi connectivity index (χ2n) is 4.82. The molecule has 2 nitrogen and oxygen atoms in total. The van der Waals surface area contributed by atoms with Gasteiger partial charge in [-0.2, -0.15) is 0 Å². The predicted molar refractivity (Wildman–Crippen MR) is 59.1 cm³/mol. The number of β-amino-alcohol motifs (C(OH)–C–C–N with tert-alkyl or cyclic N) is 1. The zero-order chi connectivity index (χ0) is 12.3. The van der Waals surface area contributed by atoms with Crippen molar-refractivity contribution in [2.45, 2.75) is 32.4 Å². The Balaban J connectivity index is 2.66. The van der Waals surface area contributed by atoms with Crippen LogP contribution in [0.1, 0.15) is 32.4 Å². The molecule has 1 aromatic rings. The maximum atomic E-state index is 12.9. The van der Waals surface area contributed by atoms with Crippen LogP contribution in [0.4, 0.5) is 8.78 Å². The zero-order valence-corrected chi connectivity index (χ0v) is 9.72. The first-order chi connectivity index (χ1) is 7.29. The molecule has 0 fully saturated rings. The van der Waals surface area contributed by atoms with Crippen LogP contribution in [-0.2, 0) is 0 Å². The van der Waals surface area contributed by atoms with Gasteiger partial charge >= 0.3 is 0 Å². The van der Waals surface area contributed by atoms with Gasteiger partial charge in [-0.05, 0) is 38.5 Å². The molecular weight excluding hydrogens is 212 g/mol. The Morgan fingerprint density at radius 2 is 1.88 bits per heavy atom. The molecule has 1 aromatic carbocycles. The van der Waals surface area contributed by atoms with Crippen LogP contribution in [0.25, 0.3) is 0 Å². The normalized spacial score (nSPS) is 13.9. The van der Waals surface area contributed by atoms with E-state index in [2.05, 4.69) is 5.32 Å². The van der Waals surface area contributed by atoms with Gasteiger partial charge in [0.2, 0.25) is 0 Å². The van der Waals surface area contributed by atoms with Crippen molar-refractivity contribution in [3.05, 3.63) is 35.4 Å². The molecule has 0 amide bonds. The van der Waals surface area contributed by atoms with Gasteiger partial charge < -0.3 is 10.4 Å². The van der Waals surface area contributed by atoms with Crippen LogP contribution in [0, 0.1) is 11.6 Å². The third-order valence-electron chi connectivity index (χ3n) is 2.15. The number of aliphatic hydroxyl groups is 1. The van der Waals surface area contributed by atoms with E-state index in [4.69, 9.17) is 0 Å². The van der Waals surface area contributed by atoms with Gasteiger partial charge in [-0.25, -0.2) is 8.78 Å². The quantitative estimate of drug-likeness (QED) is 0.834. The van der Waals surface area contributed by atoms with Crippen LogP contribution in [0.3, 0.4) is 0 Å². The van der Waals surface area contributed by atoms with Crippen LogP contribution in [0.2, 0.25) is 0 Å². The second-order valence-corrected chi connectivity index (χ2v) is 4.82. The number of hydrogen-bond acceptors (Lipinski definition) is 2. The smallest absolute Gasteiger partial charge is 0.159 e. The van der Waals surface area contributed by atoms with Crippen LogP contribution in [0.15, 0.2) is 18.2 Å². The molecule has 1 atom stereocenters. The second kappa shape index (κ2) is 4.89. The number of hydrogen-bond donors (Lipinski definition) is 2. The van der Waals surface area contributed by atoms with Gasteiger partial charge in [-0.1, -0.05) is 6.07 Å².